The molecule has 3 rings (SSSR count). The monoisotopic (exact) mass is 392 g/mol. The average molecular weight is 393 g/mol. The largest absolute Gasteiger partial charge is 0.390 e. The second kappa shape index (κ2) is 7.57. The van der Waals surface area contributed by atoms with Gasteiger partial charge in [-0.15, -0.1) is 17.5 Å². The summed E-state index contributed by atoms with van der Waals surface area (Å²) in [4.78, 5) is 8.53. The highest BCUT2D eigenvalue weighted by atomic mass is 35.5. The van der Waals surface area contributed by atoms with Crippen LogP contribution in [0.3, 0.4) is 0 Å². The molecule has 0 aromatic carbocycles. The van der Waals surface area contributed by atoms with Crippen molar-refractivity contribution in [2.75, 3.05) is 18.4 Å². The molecule has 0 aliphatic carbocycles. The third-order valence-corrected chi connectivity index (χ3v) is 4.82. The van der Waals surface area contributed by atoms with Gasteiger partial charge in [0.2, 0.25) is 5.95 Å². The molecule has 7 nitrogen and oxygen atoms in total. The van der Waals surface area contributed by atoms with Crippen molar-refractivity contribution in [3.8, 4) is 0 Å². The van der Waals surface area contributed by atoms with Crippen molar-refractivity contribution >= 4 is 35.5 Å². The standard InChI is InChI=1S/C15H22ClFN6O.ClH/c1-8(15(2,3)24)13-21-12(16)11-7-19-14(22-23(11)13)20-10-4-5-18-6-9(10)17;/h7-10,18,24H,4-6H2,1-3H3,(H,20,22);1H/t8?,9-,10-;/m1./s1. The molecule has 1 aliphatic heterocycles. The predicted molar refractivity (Wildman–Crippen MR) is 97.5 cm³/mol. The molecule has 25 heavy (non-hydrogen) atoms. The first-order valence-corrected chi connectivity index (χ1v) is 8.40. The van der Waals surface area contributed by atoms with E-state index in [0.29, 0.717) is 30.3 Å². The first kappa shape index (κ1) is 20.1. The Morgan fingerprint density at radius 3 is 2.88 bits per heavy atom. The van der Waals surface area contributed by atoms with Gasteiger partial charge in [-0.2, -0.15) is 0 Å². The predicted octanol–water partition coefficient (Wildman–Crippen LogP) is 2.19. The third-order valence-electron chi connectivity index (χ3n) is 4.54. The van der Waals surface area contributed by atoms with Gasteiger partial charge in [0, 0.05) is 12.5 Å². The molecule has 0 saturated carbocycles. The zero-order chi connectivity index (χ0) is 17.5. The fraction of sp³-hybridized carbons (Fsp3) is 0.667. The summed E-state index contributed by atoms with van der Waals surface area (Å²) >= 11 is 6.16. The molecule has 0 amide bonds. The number of nitrogens with zero attached hydrogens (tertiary/aromatic N) is 4. The number of aromatic nitrogens is 4. The van der Waals surface area contributed by atoms with E-state index in [1.54, 1.807) is 24.6 Å². The van der Waals surface area contributed by atoms with Crippen molar-refractivity contribution in [2.24, 2.45) is 0 Å². The Bertz CT molecular complexity index is 735. The van der Waals surface area contributed by atoms with Gasteiger partial charge < -0.3 is 15.7 Å². The quantitative estimate of drug-likeness (QED) is 0.738. The van der Waals surface area contributed by atoms with E-state index in [-0.39, 0.29) is 29.5 Å². The van der Waals surface area contributed by atoms with E-state index in [1.165, 1.54) is 0 Å². The first-order valence-electron chi connectivity index (χ1n) is 8.02. The summed E-state index contributed by atoms with van der Waals surface area (Å²) < 4.78 is 15.5. The Labute approximate surface area is 156 Å². The number of alkyl halides is 1. The lowest BCUT2D eigenvalue weighted by molar-refractivity contribution is 0.0525. The van der Waals surface area contributed by atoms with E-state index < -0.39 is 11.8 Å². The number of hydrogen-bond acceptors (Lipinski definition) is 6. The number of imidazole rings is 1. The highest BCUT2D eigenvalue weighted by Crippen LogP contribution is 2.29. The Morgan fingerprint density at radius 2 is 2.24 bits per heavy atom. The van der Waals surface area contributed by atoms with Gasteiger partial charge in [-0.3, -0.25) is 0 Å². The van der Waals surface area contributed by atoms with Gasteiger partial charge in [0.1, 0.15) is 17.5 Å². The zero-order valence-electron chi connectivity index (χ0n) is 14.3. The molecule has 0 spiro atoms. The Kier molecular flexibility index (Phi) is 6.09. The van der Waals surface area contributed by atoms with Crippen molar-refractivity contribution < 1.29 is 9.50 Å². The fourth-order valence-electron chi connectivity index (χ4n) is 2.68. The molecular weight excluding hydrogens is 370 g/mol. The fourth-order valence-corrected chi connectivity index (χ4v) is 2.90. The van der Waals surface area contributed by atoms with Crippen LogP contribution < -0.4 is 10.6 Å². The highest BCUT2D eigenvalue weighted by Gasteiger charge is 2.30. The van der Waals surface area contributed by atoms with Crippen molar-refractivity contribution in [2.45, 2.75) is 50.9 Å². The minimum absolute atomic E-state index is 0. The van der Waals surface area contributed by atoms with Crippen molar-refractivity contribution in [3.63, 3.8) is 0 Å². The molecule has 3 heterocycles. The summed E-state index contributed by atoms with van der Waals surface area (Å²) in [6.45, 7) is 6.33. The third kappa shape index (κ3) is 4.13. The summed E-state index contributed by atoms with van der Waals surface area (Å²) in [7, 11) is 0. The molecule has 2 aromatic rings. The van der Waals surface area contributed by atoms with E-state index in [9.17, 15) is 9.50 Å². The molecule has 2 aromatic heterocycles. The summed E-state index contributed by atoms with van der Waals surface area (Å²) in [5, 5.41) is 21.0. The minimum Gasteiger partial charge on any atom is -0.390 e. The molecule has 0 bridgehead atoms. The van der Waals surface area contributed by atoms with Crippen LogP contribution in [0.4, 0.5) is 10.3 Å². The second-order valence-electron chi connectivity index (χ2n) is 6.77. The number of fused-ring (bicyclic) bond motifs is 1. The van der Waals surface area contributed by atoms with Crippen LogP contribution in [-0.2, 0) is 0 Å². The molecule has 1 fully saturated rings. The van der Waals surface area contributed by atoms with Gasteiger partial charge in [0.15, 0.2) is 5.15 Å². The summed E-state index contributed by atoms with van der Waals surface area (Å²) in [5.74, 6) is 0.554. The zero-order valence-corrected chi connectivity index (χ0v) is 15.9. The molecule has 0 radical (unpaired) electrons. The van der Waals surface area contributed by atoms with Gasteiger partial charge >= 0.3 is 0 Å². The van der Waals surface area contributed by atoms with Gasteiger partial charge in [-0.05, 0) is 26.8 Å². The molecule has 10 heteroatoms. The van der Waals surface area contributed by atoms with Crippen LogP contribution in [-0.4, -0.2) is 55.6 Å². The summed E-state index contributed by atoms with van der Waals surface area (Å²) in [6.07, 6.45) is 1.21. The minimum atomic E-state index is -1.00. The number of halogens is 3. The van der Waals surface area contributed by atoms with Crippen molar-refractivity contribution in [1.29, 1.82) is 0 Å². The van der Waals surface area contributed by atoms with E-state index in [4.69, 9.17) is 11.6 Å². The van der Waals surface area contributed by atoms with Crippen LogP contribution in [0.15, 0.2) is 6.20 Å². The molecule has 3 atom stereocenters. The van der Waals surface area contributed by atoms with Gasteiger partial charge in [0.05, 0.1) is 17.8 Å². The number of aliphatic hydroxyl groups is 1. The Balaban J connectivity index is 0.00000225. The molecule has 3 N–H and O–H groups in total. The van der Waals surface area contributed by atoms with Gasteiger partial charge in [-0.1, -0.05) is 18.5 Å². The number of hydrogen-bond donors (Lipinski definition) is 3. The van der Waals surface area contributed by atoms with Crippen LogP contribution >= 0.6 is 24.0 Å². The Morgan fingerprint density at radius 1 is 1.52 bits per heavy atom. The lowest BCUT2D eigenvalue weighted by Crippen LogP contribution is -2.45. The molecular formula is C15H23Cl2FN6O. The smallest absolute Gasteiger partial charge is 0.241 e. The van der Waals surface area contributed by atoms with Crippen molar-refractivity contribution in [1.82, 2.24) is 24.9 Å². The van der Waals surface area contributed by atoms with Crippen molar-refractivity contribution in [3.05, 3.63) is 17.2 Å². The maximum atomic E-state index is 14.0. The normalized spacial score (nSPS) is 22.5. The van der Waals surface area contributed by atoms with E-state index in [2.05, 4.69) is 25.7 Å². The molecule has 1 aliphatic rings. The maximum Gasteiger partial charge on any atom is 0.241 e. The number of anilines is 1. The van der Waals surface area contributed by atoms with Crippen LogP contribution in [0.2, 0.25) is 5.15 Å². The average Bonchev–Trinajstić information content (AvgIpc) is 2.84. The summed E-state index contributed by atoms with van der Waals surface area (Å²) in [5.41, 5.74) is -0.433. The number of rotatable bonds is 4. The molecule has 1 saturated heterocycles. The van der Waals surface area contributed by atoms with Crippen LogP contribution in [0, 0.1) is 0 Å². The lowest BCUT2D eigenvalue weighted by atomic mass is 9.92. The van der Waals surface area contributed by atoms with Gasteiger partial charge in [-0.25, -0.2) is 18.9 Å². The van der Waals surface area contributed by atoms with Crippen LogP contribution in [0.5, 0.6) is 0 Å². The molecule has 140 valence electrons. The van der Waals surface area contributed by atoms with E-state index in [1.807, 2.05) is 6.92 Å². The van der Waals surface area contributed by atoms with Gasteiger partial charge in [0.25, 0.3) is 0 Å². The highest BCUT2D eigenvalue weighted by molar-refractivity contribution is 6.32. The van der Waals surface area contributed by atoms with E-state index in [0.717, 1.165) is 6.54 Å². The molecule has 1 unspecified atom stereocenters. The van der Waals surface area contributed by atoms with Crippen LogP contribution in [0.1, 0.15) is 38.9 Å². The second-order valence-corrected chi connectivity index (χ2v) is 7.13. The lowest BCUT2D eigenvalue weighted by Gasteiger charge is -2.27. The SMILES string of the molecule is CC(c1nc(Cl)c2cnc(N[C@@H]3CCNC[C@H]3F)nn12)C(C)(C)O.Cl. The number of piperidine rings is 1. The number of nitrogens with one attached hydrogen (secondary N) is 2. The van der Waals surface area contributed by atoms with E-state index >= 15 is 0 Å². The topological polar surface area (TPSA) is 87.4 Å². The Hall–Kier alpha value is -1.22. The first-order chi connectivity index (χ1) is 11.3. The summed E-state index contributed by atoms with van der Waals surface area (Å²) in [6, 6.07) is -0.335. The maximum absolute atomic E-state index is 14.0. The van der Waals surface area contributed by atoms with Crippen LogP contribution in [0.25, 0.3) is 5.52 Å².